The first-order valence-electron chi connectivity index (χ1n) is 15.7. The monoisotopic (exact) mass is 573 g/mol. The van der Waals surface area contributed by atoms with Crippen LogP contribution in [0.2, 0.25) is 0 Å². The number of fused-ring (bicyclic) bond motifs is 10. The molecule has 0 saturated heterocycles. The fourth-order valence-electron chi connectivity index (χ4n) is 7.79. The summed E-state index contributed by atoms with van der Waals surface area (Å²) in [4.78, 5) is 0. The smallest absolute Gasteiger partial charge is 0.0725 e. The van der Waals surface area contributed by atoms with Gasteiger partial charge in [-0.15, -0.1) is 0 Å². The Morgan fingerprint density at radius 2 is 0.844 bits per heavy atom. The van der Waals surface area contributed by atoms with E-state index in [1.807, 2.05) is 0 Å². The van der Waals surface area contributed by atoms with E-state index in [1.165, 1.54) is 72.3 Å². The Labute approximate surface area is 264 Å². The maximum Gasteiger partial charge on any atom is 0.0725 e. The van der Waals surface area contributed by atoms with Crippen molar-refractivity contribution < 1.29 is 0 Å². The number of hydrogen-bond donors (Lipinski definition) is 1. The maximum atomic E-state index is 3.64. The Kier molecular flexibility index (Phi) is 5.70. The van der Waals surface area contributed by atoms with Gasteiger partial charge < -0.3 is 5.32 Å². The normalized spacial score (nSPS) is 13.2. The zero-order chi connectivity index (χ0) is 30.0. The number of anilines is 2. The van der Waals surface area contributed by atoms with Gasteiger partial charge in [0.05, 0.1) is 5.41 Å². The molecule has 0 amide bonds. The highest BCUT2D eigenvalue weighted by Crippen LogP contribution is 2.62. The molecular formula is C44H31N. The van der Waals surface area contributed by atoms with E-state index in [-0.39, 0.29) is 5.41 Å². The molecule has 1 nitrogen and oxygen atoms in total. The standard InChI is InChI=1S/C44H31N/c1-29-27-32(30-11-3-2-4-12-30)22-26-43(29)45-34-23-19-31(20-24-34)33-21-25-38-37-15-7-10-18-41(37)44(42(38)28-33)39-16-8-5-13-35(39)36-14-6-9-17-40(36)44/h2-28,45H,1H3. The highest BCUT2D eigenvalue weighted by atomic mass is 14.9. The average molecular weight is 574 g/mol. The summed E-state index contributed by atoms with van der Waals surface area (Å²) in [6.45, 7) is 2.17. The van der Waals surface area contributed by atoms with E-state index >= 15 is 0 Å². The van der Waals surface area contributed by atoms with Crippen LogP contribution >= 0.6 is 0 Å². The van der Waals surface area contributed by atoms with Crippen molar-refractivity contribution in [1.82, 2.24) is 0 Å². The molecule has 2 aliphatic carbocycles. The molecular weight excluding hydrogens is 542 g/mol. The van der Waals surface area contributed by atoms with Gasteiger partial charge in [0.15, 0.2) is 0 Å². The Balaban J connectivity index is 1.10. The third-order valence-electron chi connectivity index (χ3n) is 9.83. The largest absolute Gasteiger partial charge is 0.355 e. The summed E-state index contributed by atoms with van der Waals surface area (Å²) in [6, 6.07) is 60.1. The van der Waals surface area contributed by atoms with Gasteiger partial charge in [-0.25, -0.2) is 0 Å². The van der Waals surface area contributed by atoms with Crippen LogP contribution in [0.1, 0.15) is 27.8 Å². The second-order valence-electron chi connectivity index (χ2n) is 12.2. The SMILES string of the molecule is Cc1cc(-c2ccccc2)ccc1Nc1ccc(-c2ccc3c(c2)C2(c4ccccc4-c4ccccc42)c2ccccc2-3)cc1. The molecule has 9 rings (SSSR count). The summed E-state index contributed by atoms with van der Waals surface area (Å²) in [6.07, 6.45) is 0. The summed E-state index contributed by atoms with van der Waals surface area (Å²) < 4.78 is 0. The van der Waals surface area contributed by atoms with Crippen LogP contribution in [0, 0.1) is 6.92 Å². The zero-order valence-corrected chi connectivity index (χ0v) is 25.1. The predicted molar refractivity (Wildman–Crippen MR) is 188 cm³/mol. The van der Waals surface area contributed by atoms with Gasteiger partial charge in [-0.1, -0.05) is 133 Å². The van der Waals surface area contributed by atoms with E-state index in [0.29, 0.717) is 0 Å². The molecule has 212 valence electrons. The number of hydrogen-bond acceptors (Lipinski definition) is 1. The molecule has 1 spiro atoms. The Morgan fingerprint density at radius 3 is 1.44 bits per heavy atom. The minimum Gasteiger partial charge on any atom is -0.355 e. The molecule has 7 aromatic rings. The third kappa shape index (κ3) is 3.81. The lowest BCUT2D eigenvalue weighted by Gasteiger charge is -2.30. The second-order valence-corrected chi connectivity index (χ2v) is 12.2. The Morgan fingerprint density at radius 1 is 0.378 bits per heavy atom. The van der Waals surface area contributed by atoms with Gasteiger partial charge >= 0.3 is 0 Å². The molecule has 0 aromatic heterocycles. The first-order chi connectivity index (χ1) is 22.2. The lowest BCUT2D eigenvalue weighted by atomic mass is 9.70. The van der Waals surface area contributed by atoms with Gasteiger partial charge in [0.1, 0.15) is 0 Å². The predicted octanol–water partition coefficient (Wildman–Crippen LogP) is 11.4. The Bertz CT molecular complexity index is 2180. The molecule has 0 heterocycles. The van der Waals surface area contributed by atoms with E-state index in [1.54, 1.807) is 0 Å². The van der Waals surface area contributed by atoms with Crippen molar-refractivity contribution >= 4 is 11.4 Å². The van der Waals surface area contributed by atoms with Crippen LogP contribution in [0.25, 0.3) is 44.5 Å². The summed E-state index contributed by atoms with van der Waals surface area (Å²) in [5.74, 6) is 0. The molecule has 0 bridgehead atoms. The summed E-state index contributed by atoms with van der Waals surface area (Å²) in [5, 5.41) is 3.64. The van der Waals surface area contributed by atoms with Crippen LogP contribution in [0.3, 0.4) is 0 Å². The van der Waals surface area contributed by atoms with Crippen molar-refractivity contribution in [2.45, 2.75) is 12.3 Å². The molecule has 7 aromatic carbocycles. The van der Waals surface area contributed by atoms with E-state index in [4.69, 9.17) is 0 Å². The van der Waals surface area contributed by atoms with Crippen molar-refractivity contribution in [2.75, 3.05) is 5.32 Å². The number of rotatable bonds is 4. The third-order valence-corrected chi connectivity index (χ3v) is 9.83. The minimum atomic E-state index is -0.319. The van der Waals surface area contributed by atoms with Gasteiger partial charge in [0, 0.05) is 11.4 Å². The van der Waals surface area contributed by atoms with Crippen molar-refractivity contribution in [2.24, 2.45) is 0 Å². The van der Waals surface area contributed by atoms with Crippen LogP contribution in [0.4, 0.5) is 11.4 Å². The lowest BCUT2D eigenvalue weighted by molar-refractivity contribution is 0.794. The summed E-state index contributed by atoms with van der Waals surface area (Å²) >= 11 is 0. The molecule has 45 heavy (non-hydrogen) atoms. The van der Waals surface area contributed by atoms with Gasteiger partial charge in [0.25, 0.3) is 0 Å². The number of nitrogens with one attached hydrogen (secondary N) is 1. The minimum absolute atomic E-state index is 0.319. The molecule has 0 saturated carbocycles. The van der Waals surface area contributed by atoms with Crippen molar-refractivity contribution in [3.8, 4) is 44.5 Å². The van der Waals surface area contributed by atoms with Gasteiger partial charge in [0.2, 0.25) is 0 Å². The van der Waals surface area contributed by atoms with Crippen molar-refractivity contribution in [3.63, 3.8) is 0 Å². The van der Waals surface area contributed by atoms with Crippen LogP contribution in [0.5, 0.6) is 0 Å². The Hall–Kier alpha value is -5.66. The molecule has 0 unspecified atom stereocenters. The maximum absolute atomic E-state index is 3.64. The summed E-state index contributed by atoms with van der Waals surface area (Å²) in [5.41, 5.74) is 18.9. The van der Waals surface area contributed by atoms with Crippen LogP contribution in [-0.2, 0) is 5.41 Å². The first-order valence-corrected chi connectivity index (χ1v) is 15.7. The van der Waals surface area contributed by atoms with Crippen molar-refractivity contribution in [3.05, 3.63) is 192 Å². The van der Waals surface area contributed by atoms with E-state index in [0.717, 1.165) is 11.4 Å². The van der Waals surface area contributed by atoms with Crippen LogP contribution in [-0.4, -0.2) is 0 Å². The van der Waals surface area contributed by atoms with Crippen molar-refractivity contribution in [1.29, 1.82) is 0 Å². The molecule has 1 N–H and O–H groups in total. The second kappa shape index (κ2) is 9.94. The average Bonchev–Trinajstić information content (AvgIpc) is 3.57. The molecule has 2 aliphatic rings. The van der Waals surface area contributed by atoms with Gasteiger partial charge in [-0.05, 0) is 110 Å². The van der Waals surface area contributed by atoms with E-state index < -0.39 is 0 Å². The molecule has 0 aliphatic heterocycles. The van der Waals surface area contributed by atoms with E-state index in [9.17, 15) is 0 Å². The highest BCUT2D eigenvalue weighted by Gasteiger charge is 2.51. The molecule has 0 radical (unpaired) electrons. The molecule has 1 heteroatoms. The van der Waals surface area contributed by atoms with Crippen LogP contribution < -0.4 is 5.32 Å². The lowest BCUT2D eigenvalue weighted by Crippen LogP contribution is -2.25. The fourth-order valence-corrected chi connectivity index (χ4v) is 7.79. The topological polar surface area (TPSA) is 12.0 Å². The van der Waals surface area contributed by atoms with Gasteiger partial charge in [-0.3, -0.25) is 0 Å². The number of benzene rings is 7. The van der Waals surface area contributed by atoms with Gasteiger partial charge in [-0.2, -0.15) is 0 Å². The quantitative estimate of drug-likeness (QED) is 0.221. The first kappa shape index (κ1) is 25.8. The molecule has 0 fully saturated rings. The fraction of sp³-hybridized carbons (Fsp3) is 0.0455. The van der Waals surface area contributed by atoms with Crippen LogP contribution in [0.15, 0.2) is 164 Å². The molecule has 0 atom stereocenters. The zero-order valence-electron chi connectivity index (χ0n) is 25.1. The number of aryl methyl sites for hydroxylation is 1. The summed E-state index contributed by atoms with van der Waals surface area (Å²) in [7, 11) is 0. The highest BCUT2D eigenvalue weighted by molar-refractivity contribution is 5.95. The van der Waals surface area contributed by atoms with E-state index in [2.05, 4.69) is 176 Å².